The molecule has 2 aromatic carbocycles. The largest absolute Gasteiger partial charge is 0.496 e. The maximum absolute atomic E-state index is 13.0. The minimum atomic E-state index is -0.753. The number of carbonyl (C=O) groups is 1. The van der Waals surface area contributed by atoms with Gasteiger partial charge >= 0.3 is 0 Å². The van der Waals surface area contributed by atoms with Crippen LogP contribution in [0.2, 0.25) is 0 Å². The van der Waals surface area contributed by atoms with E-state index in [4.69, 9.17) is 9.47 Å². The molecule has 0 spiro atoms. The van der Waals surface area contributed by atoms with E-state index >= 15 is 0 Å². The molecule has 4 heteroatoms. The summed E-state index contributed by atoms with van der Waals surface area (Å²) in [6.45, 7) is 4.58. The van der Waals surface area contributed by atoms with E-state index in [0.717, 1.165) is 41.5 Å². The number of carbonyl (C=O) groups excluding carboxylic acids is 1. The molecule has 24 heavy (non-hydrogen) atoms. The van der Waals surface area contributed by atoms with Gasteiger partial charge in [0.1, 0.15) is 11.4 Å². The van der Waals surface area contributed by atoms with Crippen molar-refractivity contribution in [2.24, 2.45) is 5.92 Å². The minimum Gasteiger partial charge on any atom is -0.496 e. The SMILES string of the molecule is CCCO[C@](C)(C(=O)Nc1ccc(OC)c2ccccc12)C1CC1. The van der Waals surface area contributed by atoms with Crippen molar-refractivity contribution in [1.82, 2.24) is 0 Å². The number of ether oxygens (including phenoxy) is 2. The van der Waals surface area contributed by atoms with Crippen LogP contribution in [0.25, 0.3) is 10.8 Å². The summed E-state index contributed by atoms with van der Waals surface area (Å²) in [5.41, 5.74) is 0.0419. The Bertz CT molecular complexity index is 739. The summed E-state index contributed by atoms with van der Waals surface area (Å²) in [5, 5.41) is 5.05. The molecule has 3 rings (SSSR count). The van der Waals surface area contributed by atoms with E-state index in [0.29, 0.717) is 12.5 Å². The fourth-order valence-electron chi connectivity index (χ4n) is 3.12. The number of hydrogen-bond acceptors (Lipinski definition) is 3. The summed E-state index contributed by atoms with van der Waals surface area (Å²) in [7, 11) is 1.66. The highest BCUT2D eigenvalue weighted by Gasteiger charge is 2.48. The summed E-state index contributed by atoms with van der Waals surface area (Å²) in [6.07, 6.45) is 3.01. The zero-order chi connectivity index (χ0) is 17.2. The van der Waals surface area contributed by atoms with Crippen molar-refractivity contribution in [3.63, 3.8) is 0 Å². The van der Waals surface area contributed by atoms with E-state index in [9.17, 15) is 4.79 Å². The molecule has 128 valence electrons. The molecule has 1 saturated carbocycles. The molecule has 0 aliphatic heterocycles. The van der Waals surface area contributed by atoms with Crippen LogP contribution in [0, 0.1) is 5.92 Å². The molecule has 1 aliphatic carbocycles. The molecule has 1 aliphatic rings. The minimum absolute atomic E-state index is 0.0613. The van der Waals surface area contributed by atoms with Gasteiger partial charge in [0.15, 0.2) is 0 Å². The first kappa shape index (κ1) is 16.8. The molecule has 2 aromatic rings. The number of rotatable bonds is 7. The first-order chi connectivity index (χ1) is 11.6. The van der Waals surface area contributed by atoms with Gasteiger partial charge in [-0.05, 0) is 44.2 Å². The highest BCUT2D eigenvalue weighted by atomic mass is 16.5. The Hall–Kier alpha value is -2.07. The first-order valence-corrected chi connectivity index (χ1v) is 8.61. The van der Waals surface area contributed by atoms with E-state index in [1.165, 1.54) is 0 Å². The lowest BCUT2D eigenvalue weighted by molar-refractivity contribution is -0.142. The summed E-state index contributed by atoms with van der Waals surface area (Å²) in [6, 6.07) is 11.7. The lowest BCUT2D eigenvalue weighted by Gasteiger charge is -2.29. The zero-order valence-electron chi connectivity index (χ0n) is 14.6. The number of fused-ring (bicyclic) bond motifs is 1. The molecule has 0 unspecified atom stereocenters. The number of methoxy groups -OCH3 is 1. The topological polar surface area (TPSA) is 47.6 Å². The fourth-order valence-corrected chi connectivity index (χ4v) is 3.12. The molecule has 0 bridgehead atoms. The van der Waals surface area contributed by atoms with E-state index in [1.807, 2.05) is 43.3 Å². The number of amides is 1. The number of benzene rings is 2. The van der Waals surface area contributed by atoms with Gasteiger partial charge in [-0.1, -0.05) is 31.2 Å². The second-order valence-electron chi connectivity index (χ2n) is 6.54. The third-order valence-electron chi connectivity index (χ3n) is 4.77. The van der Waals surface area contributed by atoms with Crippen LogP contribution in [0.15, 0.2) is 36.4 Å². The summed E-state index contributed by atoms with van der Waals surface area (Å²) >= 11 is 0. The predicted octanol–water partition coefficient (Wildman–Crippen LogP) is 4.38. The quantitative estimate of drug-likeness (QED) is 0.821. The molecule has 1 atom stereocenters. The van der Waals surface area contributed by atoms with Crippen molar-refractivity contribution in [2.45, 2.75) is 38.7 Å². The number of anilines is 1. The van der Waals surface area contributed by atoms with E-state index in [2.05, 4.69) is 12.2 Å². The average molecular weight is 327 g/mol. The standard InChI is InChI=1S/C20H25NO3/c1-4-13-24-20(2,14-9-10-14)19(22)21-17-11-12-18(23-3)16-8-6-5-7-15(16)17/h5-8,11-12,14H,4,9-10,13H2,1-3H3,(H,21,22)/t20-/m0/s1. The Labute approximate surface area is 143 Å². The molecular formula is C20H25NO3. The van der Waals surface area contributed by atoms with E-state index in [1.54, 1.807) is 7.11 Å². The van der Waals surface area contributed by atoms with Crippen LogP contribution in [-0.4, -0.2) is 25.2 Å². The maximum atomic E-state index is 13.0. The van der Waals surface area contributed by atoms with Crippen LogP contribution in [0.3, 0.4) is 0 Å². The summed E-state index contributed by atoms with van der Waals surface area (Å²) in [4.78, 5) is 13.0. The normalized spacial score (nSPS) is 16.6. The van der Waals surface area contributed by atoms with Crippen LogP contribution in [0.1, 0.15) is 33.1 Å². The van der Waals surface area contributed by atoms with Gasteiger partial charge in [0.2, 0.25) is 0 Å². The molecule has 4 nitrogen and oxygen atoms in total. The predicted molar refractivity (Wildman–Crippen MR) is 96.5 cm³/mol. The monoisotopic (exact) mass is 327 g/mol. The molecule has 0 aromatic heterocycles. The van der Waals surface area contributed by atoms with Crippen LogP contribution in [-0.2, 0) is 9.53 Å². The Balaban J connectivity index is 1.90. The molecule has 1 N–H and O–H groups in total. The van der Waals surface area contributed by atoms with Gasteiger partial charge in [0.05, 0.1) is 7.11 Å². The van der Waals surface area contributed by atoms with Gasteiger partial charge in [0.25, 0.3) is 5.91 Å². The number of hydrogen-bond donors (Lipinski definition) is 1. The molecule has 0 heterocycles. The van der Waals surface area contributed by atoms with Crippen molar-refractivity contribution < 1.29 is 14.3 Å². The van der Waals surface area contributed by atoms with Crippen molar-refractivity contribution >= 4 is 22.4 Å². The Kier molecular flexibility index (Phi) is 4.76. The molecule has 1 amide bonds. The Morgan fingerprint density at radius 3 is 2.54 bits per heavy atom. The van der Waals surface area contributed by atoms with Crippen LogP contribution in [0.5, 0.6) is 5.75 Å². The van der Waals surface area contributed by atoms with Gasteiger partial charge in [-0.25, -0.2) is 0 Å². The van der Waals surface area contributed by atoms with Gasteiger partial charge in [0, 0.05) is 23.1 Å². The first-order valence-electron chi connectivity index (χ1n) is 8.61. The highest BCUT2D eigenvalue weighted by molar-refractivity contribution is 6.06. The lowest BCUT2D eigenvalue weighted by atomic mass is 9.98. The van der Waals surface area contributed by atoms with E-state index in [-0.39, 0.29) is 5.91 Å². The molecule has 0 radical (unpaired) electrons. The second kappa shape index (κ2) is 6.81. The second-order valence-corrected chi connectivity index (χ2v) is 6.54. The summed E-state index contributed by atoms with van der Waals surface area (Å²) in [5.74, 6) is 1.05. The van der Waals surface area contributed by atoms with Crippen molar-refractivity contribution in [3.05, 3.63) is 36.4 Å². The average Bonchev–Trinajstić information content (AvgIpc) is 3.45. The molecule has 1 fully saturated rings. The van der Waals surface area contributed by atoms with Gasteiger partial charge in [-0.3, -0.25) is 4.79 Å². The molecule has 0 saturated heterocycles. The molecular weight excluding hydrogens is 302 g/mol. The summed E-state index contributed by atoms with van der Waals surface area (Å²) < 4.78 is 11.4. The van der Waals surface area contributed by atoms with E-state index < -0.39 is 5.60 Å². The maximum Gasteiger partial charge on any atom is 0.256 e. The lowest BCUT2D eigenvalue weighted by Crippen LogP contribution is -2.45. The van der Waals surface area contributed by atoms with Gasteiger partial charge in [-0.15, -0.1) is 0 Å². The Morgan fingerprint density at radius 2 is 1.92 bits per heavy atom. The van der Waals surface area contributed by atoms with Gasteiger partial charge < -0.3 is 14.8 Å². The fraction of sp³-hybridized carbons (Fsp3) is 0.450. The third kappa shape index (κ3) is 3.11. The van der Waals surface area contributed by atoms with Crippen molar-refractivity contribution in [2.75, 3.05) is 19.0 Å². The van der Waals surface area contributed by atoms with Crippen LogP contribution in [0.4, 0.5) is 5.69 Å². The van der Waals surface area contributed by atoms with Crippen LogP contribution >= 0.6 is 0 Å². The smallest absolute Gasteiger partial charge is 0.256 e. The van der Waals surface area contributed by atoms with Crippen LogP contribution < -0.4 is 10.1 Å². The zero-order valence-corrected chi connectivity index (χ0v) is 14.6. The highest BCUT2D eigenvalue weighted by Crippen LogP contribution is 2.43. The van der Waals surface area contributed by atoms with Crippen molar-refractivity contribution in [3.8, 4) is 5.75 Å². The van der Waals surface area contributed by atoms with Gasteiger partial charge in [-0.2, -0.15) is 0 Å². The third-order valence-corrected chi connectivity index (χ3v) is 4.77. The van der Waals surface area contributed by atoms with Crippen molar-refractivity contribution in [1.29, 1.82) is 0 Å². The number of nitrogens with one attached hydrogen (secondary N) is 1. The Morgan fingerprint density at radius 1 is 1.21 bits per heavy atom.